The fourth-order valence-corrected chi connectivity index (χ4v) is 3.09. The first kappa shape index (κ1) is 17.9. The number of carbonyl (C=O) groups is 3. The fourth-order valence-electron chi connectivity index (χ4n) is 3.09. The largest absolute Gasteiger partial charge is 0.459 e. The number of fused-ring (bicyclic) bond motifs is 1. The molecule has 0 aromatic heterocycles. The van der Waals surface area contributed by atoms with Crippen LogP contribution in [0.25, 0.3) is 0 Å². The van der Waals surface area contributed by atoms with Crippen molar-refractivity contribution in [2.24, 2.45) is 5.92 Å². The molecule has 0 N–H and O–H groups in total. The van der Waals surface area contributed by atoms with E-state index in [-0.39, 0.29) is 12.5 Å². The predicted octanol–water partition coefficient (Wildman–Crippen LogP) is 3.44. The molecule has 5 heteroatoms. The molecule has 0 aliphatic carbocycles. The van der Waals surface area contributed by atoms with Gasteiger partial charge in [0.1, 0.15) is 12.6 Å². The number of hydrogen-bond donors (Lipinski definition) is 0. The molecule has 2 atom stereocenters. The summed E-state index contributed by atoms with van der Waals surface area (Å²) in [6.45, 7) is 3.87. The van der Waals surface area contributed by atoms with Crippen LogP contribution in [0.4, 0.5) is 0 Å². The highest BCUT2D eigenvalue weighted by Crippen LogP contribution is 2.28. The van der Waals surface area contributed by atoms with E-state index in [1.54, 1.807) is 24.3 Å². The van der Waals surface area contributed by atoms with Crippen molar-refractivity contribution in [2.45, 2.75) is 32.9 Å². The van der Waals surface area contributed by atoms with Crippen molar-refractivity contribution in [1.29, 1.82) is 0 Å². The van der Waals surface area contributed by atoms with E-state index in [4.69, 9.17) is 4.74 Å². The van der Waals surface area contributed by atoms with Gasteiger partial charge in [-0.1, -0.05) is 62.7 Å². The Morgan fingerprint density at radius 3 is 2.04 bits per heavy atom. The van der Waals surface area contributed by atoms with Gasteiger partial charge in [0.15, 0.2) is 0 Å². The average molecular weight is 351 g/mol. The molecule has 0 bridgehead atoms. The molecule has 0 saturated carbocycles. The summed E-state index contributed by atoms with van der Waals surface area (Å²) in [4.78, 5) is 39.3. The number of benzene rings is 2. The predicted molar refractivity (Wildman–Crippen MR) is 96.4 cm³/mol. The van der Waals surface area contributed by atoms with Gasteiger partial charge in [-0.05, 0) is 23.6 Å². The molecule has 1 aliphatic rings. The Morgan fingerprint density at radius 1 is 0.962 bits per heavy atom. The maximum atomic E-state index is 12.8. The fraction of sp³-hybridized carbons (Fsp3) is 0.286. The van der Waals surface area contributed by atoms with Gasteiger partial charge in [0, 0.05) is 0 Å². The highest BCUT2D eigenvalue weighted by molar-refractivity contribution is 6.22. The van der Waals surface area contributed by atoms with E-state index in [9.17, 15) is 14.4 Å². The molecule has 1 heterocycles. The Kier molecular flexibility index (Phi) is 5.16. The summed E-state index contributed by atoms with van der Waals surface area (Å²) in [6.07, 6.45) is 0.637. The number of nitrogens with zero attached hydrogens (tertiary/aromatic N) is 1. The Balaban J connectivity index is 1.84. The summed E-state index contributed by atoms with van der Waals surface area (Å²) in [5, 5.41) is 0. The molecule has 2 amide bonds. The summed E-state index contributed by atoms with van der Waals surface area (Å²) in [5.74, 6) is -1.64. The second-order valence-electron chi connectivity index (χ2n) is 6.45. The third-order valence-electron chi connectivity index (χ3n) is 4.75. The van der Waals surface area contributed by atoms with Crippen LogP contribution in [0.1, 0.15) is 46.5 Å². The number of ether oxygens (including phenoxy) is 1. The molecule has 0 spiro atoms. The molecule has 26 heavy (non-hydrogen) atoms. The molecule has 0 radical (unpaired) electrons. The van der Waals surface area contributed by atoms with E-state index >= 15 is 0 Å². The lowest BCUT2D eigenvalue weighted by atomic mass is 9.97. The van der Waals surface area contributed by atoms with Gasteiger partial charge in [0.2, 0.25) is 0 Å². The van der Waals surface area contributed by atoms with Crippen LogP contribution in [0, 0.1) is 5.92 Å². The molecule has 134 valence electrons. The lowest BCUT2D eigenvalue weighted by Crippen LogP contribution is -2.49. The molecule has 2 aromatic rings. The van der Waals surface area contributed by atoms with Crippen molar-refractivity contribution in [1.82, 2.24) is 4.90 Å². The smallest absolute Gasteiger partial charge is 0.329 e. The number of esters is 1. The lowest BCUT2D eigenvalue weighted by molar-refractivity contribution is -0.151. The number of rotatable bonds is 6. The van der Waals surface area contributed by atoms with Crippen LogP contribution >= 0.6 is 0 Å². The SMILES string of the molecule is CCC(C)C(C(=O)OCc1ccccc1)N1C(=O)c2ccccc2C1=O. The second kappa shape index (κ2) is 7.52. The van der Waals surface area contributed by atoms with Crippen LogP contribution in [0.3, 0.4) is 0 Å². The third-order valence-corrected chi connectivity index (χ3v) is 4.75. The number of hydrogen-bond acceptors (Lipinski definition) is 4. The highest BCUT2D eigenvalue weighted by atomic mass is 16.5. The van der Waals surface area contributed by atoms with E-state index in [0.29, 0.717) is 17.5 Å². The number of amides is 2. The maximum absolute atomic E-state index is 12.8. The van der Waals surface area contributed by atoms with Crippen molar-refractivity contribution < 1.29 is 19.1 Å². The summed E-state index contributed by atoms with van der Waals surface area (Å²) in [5.41, 5.74) is 1.52. The highest BCUT2D eigenvalue weighted by Gasteiger charge is 2.45. The van der Waals surface area contributed by atoms with Crippen LogP contribution in [0.2, 0.25) is 0 Å². The van der Waals surface area contributed by atoms with Gasteiger partial charge in [0.05, 0.1) is 11.1 Å². The van der Waals surface area contributed by atoms with E-state index in [0.717, 1.165) is 10.5 Å². The van der Waals surface area contributed by atoms with Gasteiger partial charge in [-0.2, -0.15) is 0 Å². The van der Waals surface area contributed by atoms with E-state index < -0.39 is 23.8 Å². The third kappa shape index (κ3) is 3.25. The van der Waals surface area contributed by atoms with Crippen LogP contribution < -0.4 is 0 Å². The Labute approximate surface area is 152 Å². The van der Waals surface area contributed by atoms with Crippen LogP contribution in [0.15, 0.2) is 54.6 Å². The first-order valence-electron chi connectivity index (χ1n) is 8.72. The Bertz CT molecular complexity index is 796. The molecular formula is C21H21NO4. The van der Waals surface area contributed by atoms with Gasteiger partial charge in [-0.15, -0.1) is 0 Å². The minimum atomic E-state index is -0.934. The van der Waals surface area contributed by atoms with Crippen molar-refractivity contribution in [3.63, 3.8) is 0 Å². The summed E-state index contributed by atoms with van der Waals surface area (Å²) in [6, 6.07) is 15.0. The van der Waals surface area contributed by atoms with Crippen molar-refractivity contribution in [3.05, 3.63) is 71.3 Å². The van der Waals surface area contributed by atoms with Gasteiger partial charge in [-0.25, -0.2) is 4.79 Å². The van der Waals surface area contributed by atoms with E-state index in [1.807, 2.05) is 44.2 Å². The van der Waals surface area contributed by atoms with Gasteiger partial charge in [-0.3, -0.25) is 14.5 Å². The van der Waals surface area contributed by atoms with Gasteiger partial charge >= 0.3 is 5.97 Å². The summed E-state index contributed by atoms with van der Waals surface area (Å²) < 4.78 is 5.44. The van der Waals surface area contributed by atoms with Crippen molar-refractivity contribution in [2.75, 3.05) is 0 Å². The van der Waals surface area contributed by atoms with E-state index in [1.165, 1.54) is 0 Å². The van der Waals surface area contributed by atoms with Crippen LogP contribution in [-0.2, 0) is 16.1 Å². The van der Waals surface area contributed by atoms with Crippen LogP contribution in [0.5, 0.6) is 0 Å². The average Bonchev–Trinajstić information content (AvgIpc) is 2.92. The number of carbonyl (C=O) groups excluding carboxylic acids is 3. The molecular weight excluding hydrogens is 330 g/mol. The first-order chi connectivity index (χ1) is 12.5. The molecule has 1 aliphatic heterocycles. The minimum Gasteiger partial charge on any atom is -0.459 e. The van der Waals surface area contributed by atoms with Gasteiger partial charge < -0.3 is 4.74 Å². The summed E-state index contributed by atoms with van der Waals surface area (Å²) >= 11 is 0. The maximum Gasteiger partial charge on any atom is 0.329 e. The quantitative estimate of drug-likeness (QED) is 0.591. The lowest BCUT2D eigenvalue weighted by Gasteiger charge is -2.29. The minimum absolute atomic E-state index is 0.107. The molecule has 0 fully saturated rings. The zero-order chi connectivity index (χ0) is 18.7. The zero-order valence-electron chi connectivity index (χ0n) is 14.8. The Morgan fingerprint density at radius 2 is 1.50 bits per heavy atom. The molecule has 2 unspecified atom stereocenters. The van der Waals surface area contributed by atoms with E-state index in [2.05, 4.69) is 0 Å². The van der Waals surface area contributed by atoms with Crippen LogP contribution in [-0.4, -0.2) is 28.7 Å². The van der Waals surface area contributed by atoms with Gasteiger partial charge in [0.25, 0.3) is 11.8 Å². The second-order valence-corrected chi connectivity index (χ2v) is 6.45. The van der Waals surface area contributed by atoms with Crippen molar-refractivity contribution >= 4 is 17.8 Å². The first-order valence-corrected chi connectivity index (χ1v) is 8.72. The molecule has 3 rings (SSSR count). The topological polar surface area (TPSA) is 63.7 Å². The zero-order valence-corrected chi connectivity index (χ0v) is 14.8. The summed E-state index contributed by atoms with van der Waals surface area (Å²) in [7, 11) is 0. The van der Waals surface area contributed by atoms with Crippen molar-refractivity contribution in [3.8, 4) is 0 Å². The normalized spacial score (nSPS) is 15.5. The molecule has 0 saturated heterocycles. The monoisotopic (exact) mass is 351 g/mol. The number of imide groups is 1. The Hall–Kier alpha value is -2.95. The molecule has 5 nitrogen and oxygen atoms in total. The standard InChI is InChI=1S/C21H21NO4/c1-3-14(2)18(21(25)26-13-15-9-5-4-6-10-15)22-19(23)16-11-7-8-12-17(16)20(22)24/h4-12,14,18H,3,13H2,1-2H3. The molecule has 2 aromatic carbocycles.